The number of amides is 4. The quantitative estimate of drug-likeness (QED) is 0.468. The van der Waals surface area contributed by atoms with Gasteiger partial charge < -0.3 is 24.6 Å². The van der Waals surface area contributed by atoms with Crippen molar-refractivity contribution in [2.24, 2.45) is 0 Å². The summed E-state index contributed by atoms with van der Waals surface area (Å²) in [6.45, 7) is 5.19. The molecule has 2 aromatic carbocycles. The first-order valence-electron chi connectivity index (χ1n) is 14.3. The van der Waals surface area contributed by atoms with Crippen LogP contribution in [0.25, 0.3) is 0 Å². The average molecular weight is 562 g/mol. The number of rotatable bonds is 8. The number of piperidine rings is 1. The smallest absolute Gasteiger partial charge is 0.255 e. The summed E-state index contributed by atoms with van der Waals surface area (Å²) in [5, 5.41) is 5.40. The van der Waals surface area contributed by atoms with Crippen molar-refractivity contribution < 1.29 is 28.7 Å². The molecule has 4 amide bonds. The van der Waals surface area contributed by atoms with Crippen molar-refractivity contribution in [3.8, 4) is 5.75 Å². The Hall–Kier alpha value is -3.96. The number of benzene rings is 2. The molecule has 6 rings (SSSR count). The summed E-state index contributed by atoms with van der Waals surface area (Å²) in [7, 11) is 0. The van der Waals surface area contributed by atoms with Gasteiger partial charge in [-0.3, -0.25) is 29.4 Å². The third-order valence-electron chi connectivity index (χ3n) is 8.35. The number of imide groups is 1. The van der Waals surface area contributed by atoms with E-state index in [9.17, 15) is 19.2 Å². The minimum absolute atomic E-state index is 0.0206. The van der Waals surface area contributed by atoms with Crippen molar-refractivity contribution in [1.29, 1.82) is 0 Å². The Labute approximate surface area is 238 Å². The normalized spacial score (nSPS) is 23.0. The number of fused-ring (bicyclic) bond motifs is 1. The van der Waals surface area contributed by atoms with Crippen LogP contribution in [0, 0.1) is 0 Å². The SMILES string of the molecule is O=C1CCC(N2Cc3c(OCCN4CCC[C@@H]4C(=O)Nc4ccc(N5CCOCC5)cc4)cccc3C2=O)C(=O)N1. The number of morpholine rings is 1. The van der Waals surface area contributed by atoms with Gasteiger partial charge in [-0.05, 0) is 62.2 Å². The van der Waals surface area contributed by atoms with Gasteiger partial charge in [-0.25, -0.2) is 0 Å². The number of nitrogens with zero attached hydrogens (tertiary/aromatic N) is 3. The summed E-state index contributed by atoms with van der Waals surface area (Å²) in [6, 6.07) is 12.4. The zero-order valence-electron chi connectivity index (χ0n) is 23.0. The predicted octanol–water partition coefficient (Wildman–Crippen LogP) is 1.77. The first-order chi connectivity index (χ1) is 20.0. The van der Waals surface area contributed by atoms with Crippen molar-refractivity contribution in [3.05, 3.63) is 53.6 Å². The Kier molecular flexibility index (Phi) is 7.89. The van der Waals surface area contributed by atoms with Crippen LogP contribution in [0.4, 0.5) is 11.4 Å². The molecule has 2 aromatic rings. The van der Waals surface area contributed by atoms with Crippen molar-refractivity contribution >= 4 is 35.0 Å². The molecular weight excluding hydrogens is 526 g/mol. The second-order valence-corrected chi connectivity index (χ2v) is 10.9. The van der Waals surface area contributed by atoms with Gasteiger partial charge in [0.1, 0.15) is 18.4 Å². The number of likely N-dealkylation sites (tertiary alicyclic amines) is 1. The van der Waals surface area contributed by atoms with Crippen molar-refractivity contribution in [2.45, 2.75) is 44.3 Å². The van der Waals surface area contributed by atoms with Gasteiger partial charge in [0.25, 0.3) is 5.91 Å². The Bertz CT molecular complexity index is 1330. The molecule has 3 fully saturated rings. The van der Waals surface area contributed by atoms with E-state index in [1.807, 2.05) is 30.3 Å². The molecule has 11 heteroatoms. The molecule has 41 heavy (non-hydrogen) atoms. The minimum atomic E-state index is -0.667. The summed E-state index contributed by atoms with van der Waals surface area (Å²) < 4.78 is 11.6. The molecule has 2 atom stereocenters. The van der Waals surface area contributed by atoms with Gasteiger partial charge in [0, 0.05) is 48.6 Å². The fraction of sp³-hybridized carbons (Fsp3) is 0.467. The molecule has 11 nitrogen and oxygen atoms in total. The van der Waals surface area contributed by atoms with E-state index in [2.05, 4.69) is 20.4 Å². The predicted molar refractivity (Wildman–Crippen MR) is 151 cm³/mol. The van der Waals surface area contributed by atoms with Gasteiger partial charge >= 0.3 is 0 Å². The summed E-state index contributed by atoms with van der Waals surface area (Å²) in [6.07, 6.45) is 2.25. The van der Waals surface area contributed by atoms with E-state index in [0.717, 1.165) is 62.6 Å². The first-order valence-corrected chi connectivity index (χ1v) is 14.3. The second-order valence-electron chi connectivity index (χ2n) is 10.9. The zero-order chi connectivity index (χ0) is 28.3. The molecule has 2 N–H and O–H groups in total. The maximum absolute atomic E-state index is 13.2. The minimum Gasteiger partial charge on any atom is -0.492 e. The third kappa shape index (κ3) is 5.77. The van der Waals surface area contributed by atoms with E-state index in [1.54, 1.807) is 12.1 Å². The molecule has 4 aliphatic rings. The molecular formula is C30H35N5O6. The van der Waals surface area contributed by atoms with Crippen LogP contribution in [0.3, 0.4) is 0 Å². The van der Waals surface area contributed by atoms with Crippen LogP contribution in [-0.2, 0) is 25.7 Å². The highest BCUT2D eigenvalue weighted by Crippen LogP contribution is 2.33. The van der Waals surface area contributed by atoms with Crippen LogP contribution >= 0.6 is 0 Å². The summed E-state index contributed by atoms with van der Waals surface area (Å²) >= 11 is 0. The topological polar surface area (TPSA) is 121 Å². The van der Waals surface area contributed by atoms with Gasteiger partial charge in [0.05, 0.1) is 25.8 Å². The van der Waals surface area contributed by atoms with Gasteiger partial charge in [0.15, 0.2) is 0 Å². The van der Waals surface area contributed by atoms with E-state index in [1.165, 1.54) is 4.90 Å². The van der Waals surface area contributed by atoms with Gasteiger partial charge in [-0.2, -0.15) is 0 Å². The van der Waals surface area contributed by atoms with Crippen LogP contribution < -0.4 is 20.3 Å². The highest BCUT2D eigenvalue weighted by atomic mass is 16.5. The highest BCUT2D eigenvalue weighted by Gasteiger charge is 2.40. The Morgan fingerprint density at radius 2 is 1.83 bits per heavy atom. The standard InChI is InChI=1S/C30H35N5O6/c36-27-11-10-25(29(38)32-27)35-19-23-22(30(35)39)3-1-5-26(23)41-18-15-34-12-2-4-24(34)28(37)31-20-6-8-21(9-7-20)33-13-16-40-17-14-33/h1,3,5-9,24-25H,2,4,10-19H2,(H,31,37)(H,32,36,38)/t24-,25?/m1/s1. The molecule has 4 aliphatic heterocycles. The van der Waals surface area contributed by atoms with Gasteiger partial charge in [-0.15, -0.1) is 0 Å². The number of carbonyl (C=O) groups excluding carboxylic acids is 4. The van der Waals surface area contributed by atoms with Crippen LogP contribution in [0.5, 0.6) is 5.75 Å². The molecule has 216 valence electrons. The molecule has 0 saturated carbocycles. The lowest BCUT2D eigenvalue weighted by Gasteiger charge is -2.29. The average Bonchev–Trinajstić information content (AvgIpc) is 3.59. The lowest BCUT2D eigenvalue weighted by Crippen LogP contribution is -2.52. The molecule has 3 saturated heterocycles. The Morgan fingerprint density at radius 1 is 1.02 bits per heavy atom. The largest absolute Gasteiger partial charge is 0.492 e. The van der Waals surface area contributed by atoms with E-state index in [-0.39, 0.29) is 36.7 Å². The van der Waals surface area contributed by atoms with Crippen molar-refractivity contribution in [1.82, 2.24) is 15.1 Å². The zero-order valence-corrected chi connectivity index (χ0v) is 23.0. The molecule has 0 bridgehead atoms. The summed E-state index contributed by atoms with van der Waals surface area (Å²) in [4.78, 5) is 56.1. The van der Waals surface area contributed by atoms with E-state index < -0.39 is 11.9 Å². The van der Waals surface area contributed by atoms with E-state index in [4.69, 9.17) is 9.47 Å². The molecule has 4 heterocycles. The van der Waals surface area contributed by atoms with Crippen LogP contribution in [0.1, 0.15) is 41.6 Å². The van der Waals surface area contributed by atoms with Gasteiger partial charge in [-0.1, -0.05) is 6.07 Å². The van der Waals surface area contributed by atoms with Crippen LogP contribution in [-0.4, -0.2) is 91.5 Å². The maximum Gasteiger partial charge on any atom is 0.255 e. The number of hydrogen-bond donors (Lipinski definition) is 2. The number of hydrogen-bond acceptors (Lipinski definition) is 8. The lowest BCUT2D eigenvalue weighted by molar-refractivity contribution is -0.137. The summed E-state index contributed by atoms with van der Waals surface area (Å²) in [5.41, 5.74) is 3.17. The number of anilines is 2. The third-order valence-corrected chi connectivity index (χ3v) is 8.35. The second kappa shape index (κ2) is 11.9. The van der Waals surface area contributed by atoms with E-state index in [0.29, 0.717) is 30.9 Å². The molecule has 0 aliphatic carbocycles. The Balaban J connectivity index is 1.03. The van der Waals surface area contributed by atoms with Crippen molar-refractivity contribution in [3.63, 3.8) is 0 Å². The fourth-order valence-electron chi connectivity index (χ4n) is 6.16. The van der Waals surface area contributed by atoms with Gasteiger partial charge in [0.2, 0.25) is 17.7 Å². The summed E-state index contributed by atoms with van der Waals surface area (Å²) in [5.74, 6) is -0.389. The monoisotopic (exact) mass is 561 g/mol. The first kappa shape index (κ1) is 27.2. The highest BCUT2D eigenvalue weighted by molar-refractivity contribution is 6.05. The fourth-order valence-corrected chi connectivity index (χ4v) is 6.16. The number of carbonyl (C=O) groups is 4. The lowest BCUT2D eigenvalue weighted by atomic mass is 10.0. The molecule has 0 radical (unpaired) electrons. The number of ether oxygens (including phenoxy) is 2. The maximum atomic E-state index is 13.2. The van der Waals surface area contributed by atoms with Crippen LogP contribution in [0.2, 0.25) is 0 Å². The molecule has 0 aromatic heterocycles. The number of nitrogens with one attached hydrogen (secondary N) is 2. The van der Waals surface area contributed by atoms with E-state index >= 15 is 0 Å². The Morgan fingerprint density at radius 3 is 2.61 bits per heavy atom. The molecule has 1 unspecified atom stereocenters. The molecule has 0 spiro atoms. The van der Waals surface area contributed by atoms with Crippen LogP contribution in [0.15, 0.2) is 42.5 Å². The van der Waals surface area contributed by atoms with Crippen molar-refractivity contribution in [2.75, 3.05) is 56.2 Å².